The Morgan fingerprint density at radius 2 is 2.21 bits per heavy atom. The second-order valence-corrected chi connectivity index (χ2v) is 5.79. The molecule has 0 amide bonds. The van der Waals surface area contributed by atoms with Gasteiger partial charge in [-0.1, -0.05) is 19.9 Å². The Balaban J connectivity index is 1.99. The minimum absolute atomic E-state index is 0.0628. The standard InChI is InChI=1S/C15H16N2O2/c1-15(2)7-6-10(14(15)19)13(18)11-9-16-17-8-4-3-5-12(11)17/h3-5,8-10H,6-7H2,1-2H3. The molecule has 3 rings (SSSR count). The summed E-state index contributed by atoms with van der Waals surface area (Å²) in [6.07, 6.45) is 4.79. The van der Waals surface area contributed by atoms with E-state index in [9.17, 15) is 9.59 Å². The van der Waals surface area contributed by atoms with Gasteiger partial charge in [0.2, 0.25) is 0 Å². The van der Waals surface area contributed by atoms with Crippen LogP contribution < -0.4 is 0 Å². The second-order valence-electron chi connectivity index (χ2n) is 5.79. The Kier molecular flexibility index (Phi) is 2.55. The van der Waals surface area contributed by atoms with Gasteiger partial charge >= 0.3 is 0 Å². The van der Waals surface area contributed by atoms with Crippen molar-refractivity contribution < 1.29 is 9.59 Å². The van der Waals surface area contributed by atoms with E-state index in [1.807, 2.05) is 32.0 Å². The van der Waals surface area contributed by atoms with Gasteiger partial charge in [-0.15, -0.1) is 0 Å². The van der Waals surface area contributed by atoms with Crippen molar-refractivity contribution >= 4 is 17.1 Å². The lowest BCUT2D eigenvalue weighted by Gasteiger charge is -2.15. The first-order valence-corrected chi connectivity index (χ1v) is 6.51. The monoisotopic (exact) mass is 256 g/mol. The van der Waals surface area contributed by atoms with Gasteiger partial charge in [-0.3, -0.25) is 9.59 Å². The van der Waals surface area contributed by atoms with Crippen LogP contribution in [0.1, 0.15) is 37.0 Å². The van der Waals surface area contributed by atoms with Gasteiger partial charge in [-0.25, -0.2) is 4.52 Å². The maximum Gasteiger partial charge on any atom is 0.177 e. The number of hydrogen-bond acceptors (Lipinski definition) is 3. The Hall–Kier alpha value is -1.97. The van der Waals surface area contributed by atoms with Crippen LogP contribution in [-0.4, -0.2) is 21.2 Å². The van der Waals surface area contributed by atoms with Crippen LogP contribution in [0.4, 0.5) is 0 Å². The highest BCUT2D eigenvalue weighted by molar-refractivity contribution is 6.15. The van der Waals surface area contributed by atoms with Gasteiger partial charge < -0.3 is 0 Å². The molecule has 0 aliphatic heterocycles. The summed E-state index contributed by atoms with van der Waals surface area (Å²) in [7, 11) is 0. The van der Waals surface area contributed by atoms with E-state index in [1.165, 1.54) is 0 Å². The summed E-state index contributed by atoms with van der Waals surface area (Å²) in [5.41, 5.74) is 0.949. The number of Topliss-reactive ketones (excluding diaryl/α,β-unsaturated/α-hetero) is 2. The van der Waals surface area contributed by atoms with Crippen LogP contribution in [0.25, 0.3) is 5.52 Å². The number of aromatic nitrogens is 2. The molecular formula is C15H16N2O2. The van der Waals surface area contributed by atoms with Crippen molar-refractivity contribution in [2.75, 3.05) is 0 Å². The maximum atomic E-state index is 12.5. The number of carbonyl (C=O) groups is 2. The lowest BCUT2D eigenvalue weighted by molar-refractivity contribution is -0.126. The minimum atomic E-state index is -0.497. The molecule has 2 heterocycles. The van der Waals surface area contributed by atoms with E-state index >= 15 is 0 Å². The fourth-order valence-corrected chi connectivity index (χ4v) is 2.79. The molecule has 1 atom stereocenters. The highest BCUT2D eigenvalue weighted by Crippen LogP contribution is 2.39. The number of rotatable bonds is 2. The van der Waals surface area contributed by atoms with Crippen molar-refractivity contribution in [2.24, 2.45) is 11.3 Å². The van der Waals surface area contributed by atoms with Gasteiger partial charge in [-0.2, -0.15) is 5.10 Å². The average molecular weight is 256 g/mol. The molecule has 4 nitrogen and oxygen atoms in total. The fourth-order valence-electron chi connectivity index (χ4n) is 2.79. The maximum absolute atomic E-state index is 12.5. The van der Waals surface area contributed by atoms with Crippen molar-refractivity contribution in [1.29, 1.82) is 0 Å². The Labute approximate surface area is 111 Å². The number of hydrogen-bond donors (Lipinski definition) is 0. The number of nitrogens with zero attached hydrogens (tertiary/aromatic N) is 2. The predicted molar refractivity (Wildman–Crippen MR) is 71.0 cm³/mol. The molecule has 0 aromatic carbocycles. The summed E-state index contributed by atoms with van der Waals surface area (Å²) >= 11 is 0. The second kappa shape index (κ2) is 4.02. The topological polar surface area (TPSA) is 51.4 Å². The third kappa shape index (κ3) is 1.79. The molecule has 98 valence electrons. The molecule has 0 spiro atoms. The SMILES string of the molecule is CC1(C)CCC(C(=O)c2cnn3ccccc23)C1=O. The summed E-state index contributed by atoms with van der Waals surface area (Å²) in [6, 6.07) is 5.58. The van der Waals surface area contributed by atoms with Crippen molar-refractivity contribution in [3.63, 3.8) is 0 Å². The molecule has 2 aromatic heterocycles. The molecule has 2 aromatic rings. The quantitative estimate of drug-likeness (QED) is 0.613. The molecule has 1 aliphatic rings. The van der Waals surface area contributed by atoms with Gasteiger partial charge in [0.25, 0.3) is 0 Å². The lowest BCUT2D eigenvalue weighted by Crippen LogP contribution is -2.26. The summed E-state index contributed by atoms with van der Waals surface area (Å²) < 4.78 is 1.66. The molecule has 0 N–H and O–H groups in total. The summed E-state index contributed by atoms with van der Waals surface area (Å²) in [4.78, 5) is 24.8. The molecule has 1 aliphatic carbocycles. The van der Waals surface area contributed by atoms with E-state index < -0.39 is 5.92 Å². The van der Waals surface area contributed by atoms with Gasteiger partial charge in [0, 0.05) is 11.6 Å². The summed E-state index contributed by atoms with van der Waals surface area (Å²) in [6.45, 7) is 3.83. The van der Waals surface area contributed by atoms with Crippen molar-refractivity contribution in [1.82, 2.24) is 9.61 Å². The molecule has 0 radical (unpaired) electrons. The van der Waals surface area contributed by atoms with Crippen LogP contribution >= 0.6 is 0 Å². The molecule has 1 unspecified atom stereocenters. The van der Waals surface area contributed by atoms with Gasteiger partial charge in [0.1, 0.15) is 5.78 Å². The number of fused-ring (bicyclic) bond motifs is 1. The first-order valence-electron chi connectivity index (χ1n) is 6.51. The van der Waals surface area contributed by atoms with Crippen molar-refractivity contribution in [3.05, 3.63) is 36.2 Å². The van der Waals surface area contributed by atoms with E-state index in [-0.39, 0.29) is 17.0 Å². The summed E-state index contributed by atoms with van der Waals surface area (Å²) in [5.74, 6) is -0.521. The molecular weight excluding hydrogens is 240 g/mol. The highest BCUT2D eigenvalue weighted by atomic mass is 16.2. The summed E-state index contributed by atoms with van der Waals surface area (Å²) in [5, 5.41) is 4.16. The van der Waals surface area contributed by atoms with E-state index in [2.05, 4.69) is 5.10 Å². The van der Waals surface area contributed by atoms with Crippen molar-refractivity contribution in [3.8, 4) is 0 Å². The van der Waals surface area contributed by atoms with Crippen LogP contribution in [0, 0.1) is 11.3 Å². The number of carbonyl (C=O) groups excluding carboxylic acids is 2. The Bertz CT molecular complexity index is 670. The lowest BCUT2D eigenvalue weighted by atomic mass is 9.87. The third-order valence-electron chi connectivity index (χ3n) is 4.05. The van der Waals surface area contributed by atoms with Crippen LogP contribution in [-0.2, 0) is 4.79 Å². The van der Waals surface area contributed by atoms with E-state index in [0.29, 0.717) is 12.0 Å². The zero-order valence-electron chi connectivity index (χ0n) is 11.1. The first-order chi connectivity index (χ1) is 9.00. The number of pyridine rings is 1. The van der Waals surface area contributed by atoms with Crippen molar-refractivity contribution in [2.45, 2.75) is 26.7 Å². The van der Waals surface area contributed by atoms with E-state index in [4.69, 9.17) is 0 Å². The number of ketones is 2. The van der Waals surface area contributed by atoms with Gasteiger partial charge in [0.05, 0.1) is 23.2 Å². The van der Waals surface area contributed by atoms with E-state index in [0.717, 1.165) is 11.9 Å². The normalized spacial score (nSPS) is 22.0. The first kappa shape index (κ1) is 12.1. The van der Waals surface area contributed by atoms with Crippen LogP contribution in [0.3, 0.4) is 0 Å². The molecule has 1 saturated carbocycles. The average Bonchev–Trinajstić information content (AvgIpc) is 2.92. The zero-order chi connectivity index (χ0) is 13.6. The predicted octanol–water partition coefficient (Wildman–Crippen LogP) is 2.52. The van der Waals surface area contributed by atoms with Gasteiger partial charge in [-0.05, 0) is 25.0 Å². The smallest absolute Gasteiger partial charge is 0.177 e. The zero-order valence-corrected chi connectivity index (χ0v) is 11.1. The van der Waals surface area contributed by atoms with Crippen LogP contribution in [0.15, 0.2) is 30.6 Å². The minimum Gasteiger partial charge on any atom is -0.298 e. The van der Waals surface area contributed by atoms with Gasteiger partial charge in [0.15, 0.2) is 5.78 Å². The Morgan fingerprint density at radius 3 is 2.89 bits per heavy atom. The van der Waals surface area contributed by atoms with Crippen LogP contribution in [0.5, 0.6) is 0 Å². The molecule has 19 heavy (non-hydrogen) atoms. The molecule has 1 fully saturated rings. The Morgan fingerprint density at radius 1 is 1.42 bits per heavy atom. The molecule has 0 bridgehead atoms. The molecule has 4 heteroatoms. The molecule has 0 saturated heterocycles. The van der Waals surface area contributed by atoms with E-state index in [1.54, 1.807) is 16.9 Å². The largest absolute Gasteiger partial charge is 0.298 e. The highest BCUT2D eigenvalue weighted by Gasteiger charge is 2.44. The van der Waals surface area contributed by atoms with Crippen LogP contribution in [0.2, 0.25) is 0 Å². The fraction of sp³-hybridized carbons (Fsp3) is 0.400. The third-order valence-corrected chi connectivity index (χ3v) is 4.05.